The fourth-order valence-corrected chi connectivity index (χ4v) is 3.71. The van der Waals surface area contributed by atoms with E-state index in [0.29, 0.717) is 0 Å². The number of pyridine rings is 1. The number of hydrogen-bond acceptors (Lipinski definition) is 5. The molecule has 1 fully saturated rings. The Morgan fingerprint density at radius 2 is 1.77 bits per heavy atom. The zero-order chi connectivity index (χ0) is 15.5. The minimum atomic E-state index is 0.100. The predicted molar refractivity (Wildman–Crippen MR) is 90.9 cm³/mol. The average Bonchev–Trinajstić information content (AvgIpc) is 3.01. The third-order valence-corrected chi connectivity index (χ3v) is 5.09. The first-order chi connectivity index (χ1) is 10.6. The molecule has 2 aromatic rings. The third-order valence-electron chi connectivity index (χ3n) is 4.26. The molecular weight excluding hydrogens is 296 g/mol. The van der Waals surface area contributed by atoms with Gasteiger partial charge in [-0.05, 0) is 13.8 Å². The molecule has 2 aromatic heterocycles. The van der Waals surface area contributed by atoms with Gasteiger partial charge in [0.1, 0.15) is 0 Å². The molecule has 0 aliphatic carbocycles. The maximum absolute atomic E-state index is 11.5. The average molecular weight is 318 g/mol. The van der Waals surface area contributed by atoms with Gasteiger partial charge in [-0.2, -0.15) is 0 Å². The van der Waals surface area contributed by atoms with Crippen LogP contribution in [0.25, 0.3) is 0 Å². The van der Waals surface area contributed by atoms with E-state index in [0.717, 1.165) is 55.8 Å². The van der Waals surface area contributed by atoms with Gasteiger partial charge >= 0.3 is 0 Å². The first kappa shape index (κ1) is 15.2. The van der Waals surface area contributed by atoms with Gasteiger partial charge in [-0.3, -0.25) is 9.69 Å². The zero-order valence-corrected chi connectivity index (χ0v) is 14.0. The van der Waals surface area contributed by atoms with Crippen LogP contribution < -0.4 is 10.3 Å². The summed E-state index contributed by atoms with van der Waals surface area (Å²) in [5, 5.41) is 3.16. The summed E-state index contributed by atoms with van der Waals surface area (Å²) in [6, 6.07) is 3.43. The summed E-state index contributed by atoms with van der Waals surface area (Å²) in [5.74, 6) is 0. The molecule has 5 nitrogen and oxygen atoms in total. The van der Waals surface area contributed by atoms with E-state index in [1.54, 1.807) is 23.5 Å². The van der Waals surface area contributed by atoms with Crippen LogP contribution in [0.4, 0.5) is 5.13 Å². The number of thiazole rings is 1. The van der Waals surface area contributed by atoms with Crippen LogP contribution in [-0.2, 0) is 6.54 Å². The fraction of sp³-hybridized carbons (Fsp3) is 0.500. The molecule has 0 bridgehead atoms. The second-order valence-electron chi connectivity index (χ2n) is 5.77. The molecule has 0 aromatic carbocycles. The van der Waals surface area contributed by atoms with Gasteiger partial charge in [0.15, 0.2) is 10.6 Å². The van der Waals surface area contributed by atoms with Crippen molar-refractivity contribution in [2.75, 3.05) is 37.6 Å². The van der Waals surface area contributed by atoms with Crippen LogP contribution in [-0.4, -0.2) is 47.2 Å². The summed E-state index contributed by atoms with van der Waals surface area (Å²) in [5.41, 5.74) is 2.20. The standard InChI is InChI=1S/C16H22N4OS/c1-13-11-15(21)12-14(2)20(13)9-6-18-4-7-19(8-5-18)16-17-3-10-22-16/h3,10-12H,4-9H2,1-2H3. The van der Waals surface area contributed by atoms with Crippen molar-refractivity contribution in [3.05, 3.63) is 45.3 Å². The summed E-state index contributed by atoms with van der Waals surface area (Å²) in [6.07, 6.45) is 1.87. The van der Waals surface area contributed by atoms with Crippen LogP contribution >= 0.6 is 11.3 Å². The molecule has 118 valence electrons. The lowest BCUT2D eigenvalue weighted by molar-refractivity contribution is 0.246. The maximum Gasteiger partial charge on any atom is 0.185 e. The largest absolute Gasteiger partial charge is 0.348 e. The van der Waals surface area contributed by atoms with E-state index in [1.807, 2.05) is 25.4 Å². The normalized spacial score (nSPS) is 16.2. The highest BCUT2D eigenvalue weighted by Gasteiger charge is 2.18. The van der Waals surface area contributed by atoms with E-state index in [9.17, 15) is 4.79 Å². The Labute approximate surface area is 134 Å². The van der Waals surface area contributed by atoms with Gasteiger partial charge in [0.2, 0.25) is 0 Å². The lowest BCUT2D eigenvalue weighted by Crippen LogP contribution is -2.47. The molecule has 0 unspecified atom stereocenters. The highest BCUT2D eigenvalue weighted by molar-refractivity contribution is 7.13. The molecule has 0 radical (unpaired) electrons. The first-order valence-electron chi connectivity index (χ1n) is 7.68. The molecule has 22 heavy (non-hydrogen) atoms. The summed E-state index contributed by atoms with van der Waals surface area (Å²) in [6.45, 7) is 10.2. The van der Waals surface area contributed by atoms with Crippen LogP contribution in [0.3, 0.4) is 0 Å². The molecule has 0 spiro atoms. The highest BCUT2D eigenvalue weighted by atomic mass is 32.1. The van der Waals surface area contributed by atoms with Crippen molar-refractivity contribution in [1.82, 2.24) is 14.5 Å². The first-order valence-corrected chi connectivity index (χ1v) is 8.56. The molecule has 0 N–H and O–H groups in total. The van der Waals surface area contributed by atoms with Gasteiger partial charge in [0, 0.05) is 74.4 Å². The second-order valence-corrected chi connectivity index (χ2v) is 6.64. The smallest absolute Gasteiger partial charge is 0.185 e. The number of rotatable bonds is 4. The van der Waals surface area contributed by atoms with Crippen molar-refractivity contribution in [1.29, 1.82) is 0 Å². The number of nitrogens with zero attached hydrogens (tertiary/aromatic N) is 4. The molecule has 3 rings (SSSR count). The van der Waals surface area contributed by atoms with Gasteiger partial charge in [-0.1, -0.05) is 0 Å². The van der Waals surface area contributed by atoms with Gasteiger partial charge in [-0.25, -0.2) is 4.98 Å². The van der Waals surface area contributed by atoms with Gasteiger partial charge in [0.05, 0.1) is 0 Å². The number of aryl methyl sites for hydroxylation is 2. The number of piperazine rings is 1. The molecule has 0 amide bonds. The minimum Gasteiger partial charge on any atom is -0.348 e. The van der Waals surface area contributed by atoms with Crippen LogP contribution in [0.2, 0.25) is 0 Å². The van der Waals surface area contributed by atoms with Crippen LogP contribution in [0.15, 0.2) is 28.5 Å². The number of aromatic nitrogens is 2. The Morgan fingerprint density at radius 1 is 1.09 bits per heavy atom. The summed E-state index contributed by atoms with van der Waals surface area (Å²) in [7, 11) is 0. The Hall–Kier alpha value is -1.66. The Bertz CT molecular complexity index is 646. The number of anilines is 1. The molecule has 3 heterocycles. The van der Waals surface area contributed by atoms with E-state index in [1.165, 1.54) is 0 Å². The molecule has 0 atom stereocenters. The van der Waals surface area contributed by atoms with Gasteiger partial charge < -0.3 is 9.47 Å². The van der Waals surface area contributed by atoms with E-state index in [2.05, 4.69) is 19.4 Å². The minimum absolute atomic E-state index is 0.100. The van der Waals surface area contributed by atoms with Crippen molar-refractivity contribution in [2.45, 2.75) is 20.4 Å². The lowest BCUT2D eigenvalue weighted by Gasteiger charge is -2.34. The van der Waals surface area contributed by atoms with Gasteiger partial charge in [0.25, 0.3) is 0 Å². The van der Waals surface area contributed by atoms with Crippen molar-refractivity contribution < 1.29 is 0 Å². The topological polar surface area (TPSA) is 41.4 Å². The summed E-state index contributed by atoms with van der Waals surface area (Å²) < 4.78 is 2.23. The zero-order valence-electron chi connectivity index (χ0n) is 13.2. The third kappa shape index (κ3) is 3.39. The molecule has 0 saturated carbocycles. The molecule has 1 aliphatic heterocycles. The van der Waals surface area contributed by atoms with Crippen LogP contribution in [0.1, 0.15) is 11.4 Å². The quantitative estimate of drug-likeness (QED) is 0.861. The second kappa shape index (κ2) is 6.62. The van der Waals surface area contributed by atoms with E-state index in [4.69, 9.17) is 0 Å². The highest BCUT2D eigenvalue weighted by Crippen LogP contribution is 2.18. The summed E-state index contributed by atoms with van der Waals surface area (Å²) >= 11 is 1.71. The SMILES string of the molecule is Cc1cc(=O)cc(C)n1CCN1CCN(c2nccs2)CC1. The summed E-state index contributed by atoms with van der Waals surface area (Å²) in [4.78, 5) is 20.7. The Balaban J connectivity index is 1.55. The predicted octanol–water partition coefficient (Wildman–Crippen LogP) is 1.74. The molecule has 6 heteroatoms. The van der Waals surface area contributed by atoms with Gasteiger partial charge in [-0.15, -0.1) is 11.3 Å². The Morgan fingerprint density at radius 3 is 2.36 bits per heavy atom. The van der Waals surface area contributed by atoms with Crippen molar-refractivity contribution >= 4 is 16.5 Å². The molecule has 1 saturated heterocycles. The van der Waals surface area contributed by atoms with E-state index in [-0.39, 0.29) is 5.43 Å². The van der Waals surface area contributed by atoms with Crippen LogP contribution in [0.5, 0.6) is 0 Å². The maximum atomic E-state index is 11.5. The molecular formula is C16H22N4OS. The molecule has 1 aliphatic rings. The van der Waals surface area contributed by atoms with E-state index >= 15 is 0 Å². The van der Waals surface area contributed by atoms with Crippen LogP contribution in [0, 0.1) is 13.8 Å². The fourth-order valence-electron chi connectivity index (χ4n) is 3.02. The lowest BCUT2D eigenvalue weighted by atomic mass is 10.2. The van der Waals surface area contributed by atoms with Crippen molar-refractivity contribution in [2.24, 2.45) is 0 Å². The van der Waals surface area contributed by atoms with Crippen molar-refractivity contribution in [3.63, 3.8) is 0 Å². The monoisotopic (exact) mass is 318 g/mol. The van der Waals surface area contributed by atoms with E-state index < -0.39 is 0 Å². The Kier molecular flexibility index (Phi) is 4.59. The number of hydrogen-bond donors (Lipinski definition) is 0. The van der Waals surface area contributed by atoms with Crippen molar-refractivity contribution in [3.8, 4) is 0 Å².